The molecule has 0 saturated heterocycles. The van der Waals surface area contributed by atoms with Crippen molar-refractivity contribution in [1.82, 2.24) is 0 Å². The van der Waals surface area contributed by atoms with E-state index < -0.39 is 21.7 Å². The van der Waals surface area contributed by atoms with Gasteiger partial charge in [0.05, 0.1) is 10.7 Å². The summed E-state index contributed by atoms with van der Waals surface area (Å²) >= 11 is 12.3. The highest BCUT2D eigenvalue weighted by Gasteiger charge is 2.35. The largest absolute Gasteiger partial charge is 0.274 e. The predicted molar refractivity (Wildman–Crippen MR) is 78.9 cm³/mol. The minimum absolute atomic E-state index is 0.0468. The van der Waals surface area contributed by atoms with E-state index in [9.17, 15) is 17.2 Å². The highest BCUT2D eigenvalue weighted by atomic mass is 35.5. The van der Waals surface area contributed by atoms with Gasteiger partial charge in [-0.1, -0.05) is 29.3 Å². The Morgan fingerprint density at radius 2 is 1.95 bits per heavy atom. The van der Waals surface area contributed by atoms with Gasteiger partial charge in [-0.25, -0.2) is 17.2 Å². The first-order valence-corrected chi connectivity index (χ1v) is 8.78. The van der Waals surface area contributed by atoms with E-state index >= 15 is 0 Å². The molecule has 0 aliphatic carbocycles. The van der Waals surface area contributed by atoms with Gasteiger partial charge in [-0.2, -0.15) is 0 Å². The summed E-state index contributed by atoms with van der Waals surface area (Å²) in [7, 11) is -4.02. The number of anilines is 1. The molecule has 1 aliphatic rings. The molecule has 0 fully saturated rings. The van der Waals surface area contributed by atoms with Crippen LogP contribution in [-0.2, 0) is 16.4 Å². The Hall–Kier alpha value is -0.890. The molecule has 0 bridgehead atoms. The Morgan fingerprint density at radius 1 is 1.24 bits per heavy atom. The number of benzene rings is 1. The number of fused-ring (bicyclic) bond motifs is 1. The summed E-state index contributed by atoms with van der Waals surface area (Å²) < 4.78 is 53.3. The molecule has 0 atom stereocenters. The van der Waals surface area contributed by atoms with Gasteiger partial charge < -0.3 is 0 Å². The molecule has 0 radical (unpaired) electrons. The second-order valence-corrected chi connectivity index (χ2v) is 8.53. The number of hydrogen-bond acceptors (Lipinski definition) is 3. The van der Waals surface area contributed by atoms with Crippen LogP contribution in [0.4, 0.5) is 14.5 Å². The summed E-state index contributed by atoms with van der Waals surface area (Å²) in [5, 5.41) is 0.111. The van der Waals surface area contributed by atoms with Crippen LogP contribution in [0, 0.1) is 11.6 Å². The standard InChI is InChI=1S/C12H7Cl2F2NO2S2/c13-7-5-9(20-12(7)14)21(18,19)17-4-3-6-1-2-8(15)10(16)11(6)17/h1-2,5H,3-4H2. The summed E-state index contributed by atoms with van der Waals surface area (Å²) in [6.07, 6.45) is 0.318. The quantitative estimate of drug-likeness (QED) is 0.799. The molecule has 0 saturated carbocycles. The van der Waals surface area contributed by atoms with Crippen LogP contribution in [0.3, 0.4) is 0 Å². The predicted octanol–water partition coefficient (Wildman–Crippen LogP) is 4.08. The Bertz CT molecular complexity index is 817. The van der Waals surface area contributed by atoms with Crippen molar-refractivity contribution in [3.8, 4) is 0 Å². The topological polar surface area (TPSA) is 37.4 Å². The van der Waals surface area contributed by atoms with Crippen LogP contribution in [-0.4, -0.2) is 15.0 Å². The first kappa shape index (κ1) is 15.0. The maximum Gasteiger partial charge on any atom is 0.274 e. The van der Waals surface area contributed by atoms with E-state index in [1.54, 1.807) is 0 Å². The minimum Gasteiger partial charge on any atom is -0.262 e. The van der Waals surface area contributed by atoms with Crippen LogP contribution in [0.1, 0.15) is 5.56 Å². The molecular formula is C12H7Cl2F2NO2S2. The molecular weight excluding hydrogens is 363 g/mol. The zero-order chi connectivity index (χ0) is 15.4. The second kappa shape index (κ2) is 5.08. The van der Waals surface area contributed by atoms with Crippen molar-refractivity contribution < 1.29 is 17.2 Å². The molecule has 1 aromatic heterocycles. The summed E-state index contributed by atoms with van der Waals surface area (Å²) in [5.74, 6) is -2.25. The number of hydrogen-bond donors (Lipinski definition) is 0. The Morgan fingerprint density at radius 3 is 2.57 bits per heavy atom. The van der Waals surface area contributed by atoms with Crippen LogP contribution < -0.4 is 4.31 Å². The van der Waals surface area contributed by atoms with Gasteiger partial charge in [-0.3, -0.25) is 4.31 Å². The van der Waals surface area contributed by atoms with E-state index in [-0.39, 0.29) is 25.8 Å². The number of halogens is 4. The number of thiophene rings is 1. The lowest BCUT2D eigenvalue weighted by Gasteiger charge is -2.19. The lowest BCUT2D eigenvalue weighted by Crippen LogP contribution is -2.29. The smallest absolute Gasteiger partial charge is 0.262 e. The van der Waals surface area contributed by atoms with Gasteiger partial charge in [0.2, 0.25) is 0 Å². The maximum absolute atomic E-state index is 14.0. The molecule has 2 heterocycles. The van der Waals surface area contributed by atoms with Gasteiger partial charge in [0.25, 0.3) is 10.0 Å². The molecule has 2 aromatic rings. The van der Waals surface area contributed by atoms with Crippen LogP contribution >= 0.6 is 34.5 Å². The molecule has 9 heteroatoms. The minimum atomic E-state index is -4.02. The third-order valence-corrected chi connectivity index (χ3v) is 7.27. The molecule has 3 nitrogen and oxygen atoms in total. The van der Waals surface area contributed by atoms with E-state index in [0.717, 1.165) is 21.7 Å². The van der Waals surface area contributed by atoms with Gasteiger partial charge in [0.1, 0.15) is 8.55 Å². The van der Waals surface area contributed by atoms with Gasteiger partial charge >= 0.3 is 0 Å². The normalized spacial score (nSPS) is 14.6. The molecule has 0 spiro atoms. The van der Waals surface area contributed by atoms with E-state index in [1.165, 1.54) is 12.1 Å². The SMILES string of the molecule is O=S(=O)(c1cc(Cl)c(Cl)s1)N1CCc2ccc(F)c(F)c21. The zero-order valence-corrected chi connectivity index (χ0v) is 13.4. The van der Waals surface area contributed by atoms with Crippen molar-refractivity contribution in [3.05, 3.63) is 44.8 Å². The average molecular weight is 370 g/mol. The number of rotatable bonds is 2. The average Bonchev–Trinajstić information content (AvgIpc) is 3.00. The van der Waals surface area contributed by atoms with Crippen LogP contribution in [0.2, 0.25) is 9.36 Å². The molecule has 3 rings (SSSR count). The summed E-state index contributed by atoms with van der Waals surface area (Å²) in [4.78, 5) is 0. The second-order valence-electron chi connectivity index (χ2n) is 4.38. The van der Waals surface area contributed by atoms with Gasteiger partial charge in [0.15, 0.2) is 11.6 Å². The fraction of sp³-hybridized carbons (Fsp3) is 0.167. The molecule has 1 aromatic carbocycles. The van der Waals surface area contributed by atoms with Crippen molar-refractivity contribution in [2.45, 2.75) is 10.6 Å². The fourth-order valence-corrected chi connectivity index (χ4v) is 5.69. The molecule has 0 amide bonds. The van der Waals surface area contributed by atoms with Crippen molar-refractivity contribution in [2.75, 3.05) is 10.8 Å². The van der Waals surface area contributed by atoms with Gasteiger partial charge in [0, 0.05) is 6.54 Å². The van der Waals surface area contributed by atoms with Crippen molar-refractivity contribution in [3.63, 3.8) is 0 Å². The Kier molecular flexibility index (Phi) is 3.64. The third-order valence-electron chi connectivity index (χ3n) is 3.15. The maximum atomic E-state index is 14.0. The lowest BCUT2D eigenvalue weighted by atomic mass is 10.1. The van der Waals surface area contributed by atoms with Crippen LogP contribution in [0.5, 0.6) is 0 Å². The summed E-state index contributed by atoms with van der Waals surface area (Å²) in [6.45, 7) is 0.0468. The molecule has 112 valence electrons. The van der Waals surface area contributed by atoms with Crippen LogP contribution in [0.15, 0.2) is 22.4 Å². The van der Waals surface area contributed by atoms with E-state index in [2.05, 4.69) is 0 Å². The number of sulfonamides is 1. The first-order valence-electron chi connectivity index (χ1n) is 5.77. The highest BCUT2D eigenvalue weighted by molar-refractivity contribution is 7.94. The van der Waals surface area contributed by atoms with Gasteiger partial charge in [-0.05, 0) is 24.1 Å². The van der Waals surface area contributed by atoms with Crippen LogP contribution in [0.25, 0.3) is 0 Å². The Balaban J connectivity index is 2.14. The molecule has 0 unspecified atom stereocenters. The monoisotopic (exact) mass is 369 g/mol. The van der Waals surface area contributed by atoms with Crippen molar-refractivity contribution in [2.24, 2.45) is 0 Å². The Labute approximate surface area is 133 Å². The lowest BCUT2D eigenvalue weighted by molar-refractivity contribution is 0.509. The first-order chi connectivity index (χ1) is 9.82. The summed E-state index contributed by atoms with van der Waals surface area (Å²) in [6, 6.07) is 3.58. The molecule has 21 heavy (non-hydrogen) atoms. The summed E-state index contributed by atoms with van der Waals surface area (Å²) in [5.41, 5.74) is 0.210. The number of nitrogens with zero attached hydrogens (tertiary/aromatic N) is 1. The zero-order valence-electron chi connectivity index (χ0n) is 10.2. The van der Waals surface area contributed by atoms with E-state index in [4.69, 9.17) is 23.2 Å². The molecule has 0 N–H and O–H groups in total. The third kappa shape index (κ3) is 2.32. The van der Waals surface area contributed by atoms with Crippen molar-refractivity contribution >= 4 is 50.2 Å². The van der Waals surface area contributed by atoms with Gasteiger partial charge in [-0.15, -0.1) is 11.3 Å². The highest BCUT2D eigenvalue weighted by Crippen LogP contribution is 2.40. The van der Waals surface area contributed by atoms with E-state index in [1.807, 2.05) is 0 Å². The van der Waals surface area contributed by atoms with Crippen molar-refractivity contribution in [1.29, 1.82) is 0 Å². The molecule has 1 aliphatic heterocycles. The van der Waals surface area contributed by atoms with E-state index in [0.29, 0.717) is 12.0 Å². The fourth-order valence-electron chi connectivity index (χ4n) is 2.19.